The van der Waals surface area contributed by atoms with Crippen molar-refractivity contribution in [1.29, 1.82) is 0 Å². The van der Waals surface area contributed by atoms with Crippen molar-refractivity contribution in [2.45, 2.75) is 0 Å². The van der Waals surface area contributed by atoms with Crippen molar-refractivity contribution in [3.05, 3.63) is 71.9 Å². The molecule has 1 N–H and O–H groups in total. The Morgan fingerprint density at radius 1 is 0.840 bits per heavy atom. The van der Waals surface area contributed by atoms with Crippen molar-refractivity contribution in [1.82, 2.24) is 0 Å². The maximum absolute atomic E-state index is 9.75. The van der Waals surface area contributed by atoms with Crippen molar-refractivity contribution >= 4 is 30.3 Å². The van der Waals surface area contributed by atoms with Crippen LogP contribution in [0.25, 0.3) is 23.1 Å². The molecule has 0 atom stereocenters. The standard InChI is InChI=1S/C18H15NO.BF4/c1-19-16(10-6-14-7-12-17(20)13-8-14)11-9-15-4-2-3-5-18(15)19;2-1(3,4)5/h2-13H,1H3;/q;-1/p+1. The van der Waals surface area contributed by atoms with E-state index >= 15 is 0 Å². The first kappa shape index (κ1) is 18.5. The fraction of sp³-hybridized carbons (Fsp3) is 0.0556. The fourth-order valence-electron chi connectivity index (χ4n) is 2.29. The van der Waals surface area contributed by atoms with Gasteiger partial charge in [-0.2, -0.15) is 4.57 Å². The molecule has 1 aromatic heterocycles. The lowest BCUT2D eigenvalue weighted by molar-refractivity contribution is -0.646. The Kier molecular flexibility index (Phi) is 5.80. The number of halogens is 4. The number of fused-ring (bicyclic) bond motifs is 1. The van der Waals surface area contributed by atoms with Crippen LogP contribution in [0, 0.1) is 0 Å². The summed E-state index contributed by atoms with van der Waals surface area (Å²) in [5, 5.41) is 10.5. The van der Waals surface area contributed by atoms with Crippen molar-refractivity contribution < 1.29 is 26.9 Å². The molecular weight excluding hydrogens is 333 g/mol. The summed E-state index contributed by atoms with van der Waals surface area (Å²) in [6, 6.07) is 19.8. The lowest BCUT2D eigenvalue weighted by atomic mass is 10.1. The predicted molar refractivity (Wildman–Crippen MR) is 92.3 cm³/mol. The highest BCUT2D eigenvalue weighted by Gasteiger charge is 2.20. The molecular formula is C18H16BF4NO. The first-order chi connectivity index (χ1) is 11.7. The zero-order valence-corrected chi connectivity index (χ0v) is 13.4. The Morgan fingerprint density at radius 3 is 2.08 bits per heavy atom. The highest BCUT2D eigenvalue weighted by molar-refractivity contribution is 6.50. The zero-order chi connectivity index (χ0) is 18.4. The summed E-state index contributed by atoms with van der Waals surface area (Å²) in [6.45, 7) is 0. The average molecular weight is 349 g/mol. The number of benzene rings is 2. The average Bonchev–Trinajstić information content (AvgIpc) is 2.54. The molecule has 0 aliphatic carbocycles. The molecule has 0 spiro atoms. The number of hydrogen-bond acceptors (Lipinski definition) is 1. The third kappa shape index (κ3) is 5.95. The van der Waals surface area contributed by atoms with Gasteiger partial charge in [0.15, 0.2) is 0 Å². The Hall–Kier alpha value is -2.83. The summed E-state index contributed by atoms with van der Waals surface area (Å²) in [5.41, 5.74) is 3.41. The van der Waals surface area contributed by atoms with Crippen molar-refractivity contribution in [3.63, 3.8) is 0 Å². The molecule has 3 rings (SSSR count). The second-order valence-corrected chi connectivity index (χ2v) is 5.30. The topological polar surface area (TPSA) is 24.1 Å². The number of hydrogen-bond donors (Lipinski definition) is 1. The number of aromatic hydroxyl groups is 1. The minimum atomic E-state index is -6.00. The smallest absolute Gasteiger partial charge is 0.508 e. The lowest BCUT2D eigenvalue weighted by Gasteiger charge is -2.00. The maximum atomic E-state index is 9.75. The quantitative estimate of drug-likeness (QED) is 0.400. The molecule has 0 aliphatic rings. The second kappa shape index (κ2) is 7.83. The second-order valence-electron chi connectivity index (χ2n) is 5.30. The molecule has 7 heteroatoms. The summed E-state index contributed by atoms with van der Waals surface area (Å²) in [6.07, 6.45) is 4.13. The van der Waals surface area contributed by atoms with E-state index in [1.807, 2.05) is 24.3 Å². The van der Waals surface area contributed by atoms with Crippen LogP contribution in [0.1, 0.15) is 11.3 Å². The third-order valence-electron chi connectivity index (χ3n) is 3.46. The van der Waals surface area contributed by atoms with Gasteiger partial charge in [0.2, 0.25) is 11.2 Å². The van der Waals surface area contributed by atoms with E-state index in [9.17, 15) is 22.4 Å². The zero-order valence-electron chi connectivity index (χ0n) is 13.4. The molecule has 2 nitrogen and oxygen atoms in total. The van der Waals surface area contributed by atoms with Crippen LogP contribution in [0.2, 0.25) is 0 Å². The van der Waals surface area contributed by atoms with Crippen LogP contribution in [-0.2, 0) is 7.05 Å². The van der Waals surface area contributed by atoms with Gasteiger partial charge in [-0.1, -0.05) is 24.3 Å². The molecule has 0 amide bonds. The van der Waals surface area contributed by atoms with Crippen molar-refractivity contribution in [3.8, 4) is 5.75 Å². The van der Waals surface area contributed by atoms with E-state index in [-0.39, 0.29) is 0 Å². The van der Waals surface area contributed by atoms with E-state index in [2.05, 4.69) is 48.0 Å². The Labute approximate surface area is 142 Å². The van der Waals surface area contributed by atoms with Gasteiger partial charge in [0.25, 0.3) is 0 Å². The monoisotopic (exact) mass is 349 g/mol. The van der Waals surface area contributed by atoms with Gasteiger partial charge in [-0.3, -0.25) is 0 Å². The highest BCUT2D eigenvalue weighted by atomic mass is 19.5. The van der Waals surface area contributed by atoms with Gasteiger partial charge in [-0.15, -0.1) is 0 Å². The van der Waals surface area contributed by atoms with Gasteiger partial charge < -0.3 is 22.4 Å². The molecule has 25 heavy (non-hydrogen) atoms. The molecule has 0 fully saturated rings. The first-order valence-electron chi connectivity index (χ1n) is 7.46. The molecule has 0 unspecified atom stereocenters. The fourth-order valence-corrected chi connectivity index (χ4v) is 2.29. The minimum Gasteiger partial charge on any atom is -0.508 e. The number of rotatable bonds is 2. The number of aromatic nitrogens is 1. The van der Waals surface area contributed by atoms with Crippen LogP contribution in [-0.4, -0.2) is 12.4 Å². The summed E-state index contributed by atoms with van der Waals surface area (Å²) in [7, 11) is -3.93. The van der Waals surface area contributed by atoms with E-state index in [1.54, 1.807) is 12.1 Å². The largest absolute Gasteiger partial charge is 0.673 e. The Balaban J connectivity index is 0.000000399. The minimum absolute atomic E-state index is 0.290. The summed E-state index contributed by atoms with van der Waals surface area (Å²) in [5.74, 6) is 0.290. The molecule has 0 saturated carbocycles. The lowest BCUT2D eigenvalue weighted by Crippen LogP contribution is -2.32. The number of aryl methyl sites for hydroxylation is 1. The number of phenolic OH excluding ortho intramolecular Hbond substituents is 1. The molecule has 2 aromatic carbocycles. The number of phenols is 1. The van der Waals surface area contributed by atoms with Gasteiger partial charge in [-0.25, -0.2) is 0 Å². The van der Waals surface area contributed by atoms with Crippen LogP contribution in [0.5, 0.6) is 5.75 Å². The van der Waals surface area contributed by atoms with Crippen LogP contribution >= 0.6 is 0 Å². The van der Waals surface area contributed by atoms with Crippen LogP contribution in [0.4, 0.5) is 17.3 Å². The molecule has 0 bridgehead atoms. The van der Waals surface area contributed by atoms with Crippen molar-refractivity contribution in [2.24, 2.45) is 7.05 Å². The summed E-state index contributed by atoms with van der Waals surface area (Å²) >= 11 is 0. The number of para-hydroxylation sites is 1. The van der Waals surface area contributed by atoms with Gasteiger partial charge in [-0.05, 0) is 35.9 Å². The van der Waals surface area contributed by atoms with Crippen LogP contribution < -0.4 is 4.57 Å². The van der Waals surface area contributed by atoms with Gasteiger partial charge in [0.05, 0.1) is 0 Å². The molecule has 3 aromatic rings. The molecule has 0 radical (unpaired) electrons. The molecule has 1 heterocycles. The SMILES string of the molecule is C[n+]1c(C=Cc2ccc(O)cc2)ccc2ccccc21.F[B-](F)(F)F. The first-order valence-corrected chi connectivity index (χ1v) is 7.46. The van der Waals surface area contributed by atoms with E-state index in [1.165, 1.54) is 10.9 Å². The molecule has 0 aliphatic heterocycles. The Bertz CT molecular complexity index is 870. The van der Waals surface area contributed by atoms with Gasteiger partial charge >= 0.3 is 7.25 Å². The Morgan fingerprint density at radius 2 is 1.44 bits per heavy atom. The molecule has 130 valence electrons. The van der Waals surface area contributed by atoms with Crippen molar-refractivity contribution in [2.75, 3.05) is 0 Å². The van der Waals surface area contributed by atoms with E-state index in [4.69, 9.17) is 0 Å². The van der Waals surface area contributed by atoms with E-state index in [0.717, 1.165) is 11.3 Å². The normalized spacial score (nSPS) is 11.4. The summed E-state index contributed by atoms with van der Waals surface area (Å²) in [4.78, 5) is 0. The summed E-state index contributed by atoms with van der Waals surface area (Å²) < 4.78 is 41.2. The molecule has 0 saturated heterocycles. The van der Waals surface area contributed by atoms with Crippen LogP contribution in [0.3, 0.4) is 0 Å². The number of pyridine rings is 1. The van der Waals surface area contributed by atoms with Gasteiger partial charge in [0.1, 0.15) is 12.8 Å². The van der Waals surface area contributed by atoms with E-state index in [0.29, 0.717) is 5.75 Å². The maximum Gasteiger partial charge on any atom is 0.673 e. The van der Waals surface area contributed by atoms with E-state index < -0.39 is 7.25 Å². The van der Waals surface area contributed by atoms with Gasteiger partial charge in [0, 0.05) is 23.6 Å². The van der Waals surface area contributed by atoms with Crippen LogP contribution in [0.15, 0.2) is 60.7 Å². The number of nitrogens with zero attached hydrogens (tertiary/aromatic N) is 1. The predicted octanol–water partition coefficient (Wildman–Crippen LogP) is 4.84. The highest BCUT2D eigenvalue weighted by Crippen LogP contribution is 2.14. The third-order valence-corrected chi connectivity index (χ3v) is 3.46.